The van der Waals surface area contributed by atoms with E-state index in [9.17, 15) is 4.79 Å². The molecule has 0 atom stereocenters. The van der Waals surface area contributed by atoms with E-state index in [-0.39, 0.29) is 12.7 Å². The second-order valence-corrected chi connectivity index (χ2v) is 8.28. The van der Waals surface area contributed by atoms with E-state index in [1.807, 2.05) is 93.0 Å². The maximum Gasteiger partial charge on any atom is 0.256 e. The lowest BCUT2D eigenvalue weighted by molar-refractivity contribution is -0.111. The summed E-state index contributed by atoms with van der Waals surface area (Å²) in [5.74, 6) is 1.22. The number of nitrogens with zero attached hydrogens (tertiary/aromatic N) is 1. The van der Waals surface area contributed by atoms with E-state index < -0.39 is 0 Å². The number of rotatable bonds is 12. The monoisotopic (exact) mass is 474 g/mol. The molecule has 0 radical (unpaired) electrons. The molecular formula is C29H34N2O4. The van der Waals surface area contributed by atoms with Crippen molar-refractivity contribution in [3.63, 3.8) is 0 Å². The topological polar surface area (TPSA) is 60.0 Å². The number of anilines is 1. The molecule has 6 heteroatoms. The number of hydrogen-bond donors (Lipinski definition) is 1. The van der Waals surface area contributed by atoms with E-state index in [1.54, 1.807) is 7.11 Å². The van der Waals surface area contributed by atoms with Crippen LogP contribution in [0.4, 0.5) is 5.69 Å². The first-order valence-electron chi connectivity index (χ1n) is 11.7. The molecule has 0 aromatic heterocycles. The van der Waals surface area contributed by atoms with Gasteiger partial charge in [-0.25, -0.2) is 0 Å². The average molecular weight is 475 g/mol. The molecule has 0 aliphatic heterocycles. The molecule has 0 unspecified atom stereocenters. The van der Waals surface area contributed by atoms with Gasteiger partial charge in [0.2, 0.25) is 0 Å². The number of benzene rings is 3. The summed E-state index contributed by atoms with van der Waals surface area (Å²) in [7, 11) is 5.59. The van der Waals surface area contributed by atoms with E-state index in [0.29, 0.717) is 30.0 Å². The van der Waals surface area contributed by atoms with E-state index >= 15 is 0 Å². The molecular weight excluding hydrogens is 440 g/mol. The Kier molecular flexibility index (Phi) is 9.90. The van der Waals surface area contributed by atoms with Crippen molar-refractivity contribution in [3.8, 4) is 11.5 Å². The Morgan fingerprint density at radius 2 is 1.57 bits per heavy atom. The summed E-state index contributed by atoms with van der Waals surface area (Å²) >= 11 is 0. The van der Waals surface area contributed by atoms with Crippen molar-refractivity contribution in [2.45, 2.75) is 13.3 Å². The van der Waals surface area contributed by atoms with Gasteiger partial charge in [-0.3, -0.25) is 4.79 Å². The Labute approximate surface area is 208 Å². The fraction of sp³-hybridized carbons (Fsp3) is 0.276. The number of allylic oxidation sites excluding steroid dienone is 1. The molecule has 0 spiro atoms. The molecule has 1 N–H and O–H groups in total. The van der Waals surface area contributed by atoms with Gasteiger partial charge in [0.1, 0.15) is 18.1 Å². The van der Waals surface area contributed by atoms with Crippen molar-refractivity contribution in [1.29, 1.82) is 0 Å². The second-order valence-electron chi connectivity index (χ2n) is 8.28. The van der Waals surface area contributed by atoms with Crippen molar-refractivity contribution in [2.24, 2.45) is 0 Å². The number of ether oxygens (including phenoxy) is 3. The maximum absolute atomic E-state index is 13.7. The lowest BCUT2D eigenvalue weighted by Gasteiger charge is -2.17. The molecule has 35 heavy (non-hydrogen) atoms. The predicted molar refractivity (Wildman–Crippen MR) is 142 cm³/mol. The molecule has 0 aliphatic carbocycles. The number of carbonyl (C=O) groups excluding carboxylic acids is 1. The molecule has 6 nitrogen and oxygen atoms in total. The van der Waals surface area contributed by atoms with Gasteiger partial charge in [-0.05, 0) is 73.6 Å². The van der Waals surface area contributed by atoms with Crippen LogP contribution < -0.4 is 14.8 Å². The van der Waals surface area contributed by atoms with Crippen LogP contribution in [0.15, 0.2) is 78.9 Å². The van der Waals surface area contributed by atoms with Gasteiger partial charge in [-0.2, -0.15) is 0 Å². The van der Waals surface area contributed by atoms with Crippen LogP contribution in [-0.2, 0) is 9.53 Å². The predicted octanol–water partition coefficient (Wildman–Crippen LogP) is 5.57. The molecule has 3 rings (SSSR count). The van der Waals surface area contributed by atoms with E-state index in [2.05, 4.69) is 17.1 Å². The van der Waals surface area contributed by atoms with Crippen LogP contribution in [-0.4, -0.2) is 52.0 Å². The standard InChI is InChI=1S/C29H34N2O4/c1-5-27(22-10-7-6-8-11-22)28(23-12-9-13-26(20-23)35-21-33-4)29(32)30-24-14-16-25(17-15-24)34-19-18-31(2)3/h6-17,20H,5,18-19,21H2,1-4H3,(H,30,32)/b28-27+. The highest BCUT2D eigenvalue weighted by Crippen LogP contribution is 2.32. The minimum atomic E-state index is -0.184. The maximum atomic E-state index is 13.7. The highest BCUT2D eigenvalue weighted by Gasteiger charge is 2.19. The van der Waals surface area contributed by atoms with Crippen LogP contribution in [0.2, 0.25) is 0 Å². The van der Waals surface area contributed by atoms with Gasteiger partial charge in [-0.1, -0.05) is 49.4 Å². The molecule has 0 fully saturated rings. The summed E-state index contributed by atoms with van der Waals surface area (Å²) in [5, 5.41) is 3.06. The molecule has 0 bridgehead atoms. The van der Waals surface area contributed by atoms with Gasteiger partial charge >= 0.3 is 0 Å². The number of carbonyl (C=O) groups is 1. The third-order valence-electron chi connectivity index (χ3n) is 5.39. The summed E-state index contributed by atoms with van der Waals surface area (Å²) in [5.41, 5.74) is 4.04. The molecule has 1 amide bonds. The summed E-state index contributed by atoms with van der Waals surface area (Å²) < 4.78 is 16.4. The first-order valence-corrected chi connectivity index (χ1v) is 11.7. The van der Waals surface area contributed by atoms with Crippen LogP contribution >= 0.6 is 0 Å². The Morgan fingerprint density at radius 1 is 0.857 bits per heavy atom. The Bertz CT molecular complexity index is 1110. The number of methoxy groups -OCH3 is 1. The zero-order chi connectivity index (χ0) is 25.0. The van der Waals surface area contributed by atoms with Crippen LogP contribution in [0.3, 0.4) is 0 Å². The molecule has 0 saturated carbocycles. The number of likely N-dealkylation sites (N-methyl/N-ethyl adjacent to an activating group) is 1. The minimum Gasteiger partial charge on any atom is -0.492 e. The molecule has 0 aliphatic rings. The fourth-order valence-corrected chi connectivity index (χ4v) is 3.65. The zero-order valence-corrected chi connectivity index (χ0v) is 20.9. The third-order valence-corrected chi connectivity index (χ3v) is 5.39. The van der Waals surface area contributed by atoms with Crippen LogP contribution in [0.25, 0.3) is 11.1 Å². The lowest BCUT2D eigenvalue weighted by Crippen LogP contribution is -2.19. The Hall–Kier alpha value is -3.61. The summed E-state index contributed by atoms with van der Waals surface area (Å²) in [6.07, 6.45) is 0.689. The summed E-state index contributed by atoms with van der Waals surface area (Å²) in [6.45, 7) is 3.63. The van der Waals surface area contributed by atoms with E-state index in [4.69, 9.17) is 14.2 Å². The largest absolute Gasteiger partial charge is 0.492 e. The first-order chi connectivity index (χ1) is 17.0. The highest BCUT2D eigenvalue weighted by atomic mass is 16.7. The van der Waals surface area contributed by atoms with Crippen LogP contribution in [0.5, 0.6) is 11.5 Å². The van der Waals surface area contributed by atoms with Crippen molar-refractivity contribution in [3.05, 3.63) is 90.0 Å². The molecule has 184 valence electrons. The lowest BCUT2D eigenvalue weighted by atomic mass is 9.92. The van der Waals surface area contributed by atoms with Crippen molar-refractivity contribution < 1.29 is 19.0 Å². The van der Waals surface area contributed by atoms with Crippen molar-refractivity contribution in [1.82, 2.24) is 4.90 Å². The number of nitrogens with one attached hydrogen (secondary N) is 1. The van der Waals surface area contributed by atoms with Crippen LogP contribution in [0.1, 0.15) is 24.5 Å². The van der Waals surface area contributed by atoms with Gasteiger partial charge < -0.3 is 24.4 Å². The van der Waals surface area contributed by atoms with Crippen molar-refractivity contribution >= 4 is 22.7 Å². The van der Waals surface area contributed by atoms with Gasteiger partial charge in [0.15, 0.2) is 6.79 Å². The van der Waals surface area contributed by atoms with Gasteiger partial charge in [0.25, 0.3) is 5.91 Å². The molecule has 0 heterocycles. The Morgan fingerprint density at radius 3 is 2.23 bits per heavy atom. The Balaban J connectivity index is 1.91. The van der Waals surface area contributed by atoms with Gasteiger partial charge in [0, 0.05) is 19.3 Å². The minimum absolute atomic E-state index is 0.136. The van der Waals surface area contributed by atoms with Gasteiger partial charge in [0.05, 0.1) is 5.57 Å². The first kappa shape index (κ1) is 26.0. The number of hydrogen-bond acceptors (Lipinski definition) is 5. The van der Waals surface area contributed by atoms with E-state index in [1.165, 1.54) is 0 Å². The highest BCUT2D eigenvalue weighted by molar-refractivity contribution is 6.31. The number of amides is 1. The summed E-state index contributed by atoms with van der Waals surface area (Å²) in [4.78, 5) is 15.7. The SMILES string of the molecule is CC/C(=C(\C(=O)Nc1ccc(OCCN(C)C)cc1)c1cccc(OCOC)c1)c1ccccc1. The molecule has 0 saturated heterocycles. The summed E-state index contributed by atoms with van der Waals surface area (Å²) in [6, 6.07) is 24.9. The zero-order valence-electron chi connectivity index (χ0n) is 20.9. The molecule has 3 aromatic rings. The van der Waals surface area contributed by atoms with Crippen molar-refractivity contribution in [2.75, 3.05) is 46.5 Å². The quantitative estimate of drug-likeness (QED) is 0.211. The second kappa shape index (κ2) is 13.3. The smallest absolute Gasteiger partial charge is 0.256 e. The van der Waals surface area contributed by atoms with Crippen LogP contribution in [0, 0.1) is 0 Å². The fourth-order valence-electron chi connectivity index (χ4n) is 3.65. The third kappa shape index (κ3) is 7.70. The average Bonchev–Trinajstić information content (AvgIpc) is 2.87. The van der Waals surface area contributed by atoms with E-state index in [0.717, 1.165) is 29.0 Å². The molecule has 3 aromatic carbocycles. The normalized spacial score (nSPS) is 11.7. The van der Waals surface area contributed by atoms with Gasteiger partial charge in [-0.15, -0.1) is 0 Å².